The molecule has 0 aromatic heterocycles. The molecular formula is C33H29NO4S. The number of ketones is 1. The number of aliphatic hydroxyl groups is 1. The number of hydrogen-bond acceptors (Lipinski definition) is 4. The van der Waals surface area contributed by atoms with E-state index in [2.05, 4.69) is 0 Å². The molecule has 1 saturated heterocycles. The van der Waals surface area contributed by atoms with Crippen LogP contribution in [0, 0.1) is 12.8 Å². The van der Waals surface area contributed by atoms with Gasteiger partial charge in [-0.2, -0.15) is 4.31 Å². The van der Waals surface area contributed by atoms with Gasteiger partial charge in [-0.25, -0.2) is 8.42 Å². The minimum Gasteiger partial charge on any atom is -0.384 e. The van der Waals surface area contributed by atoms with Crippen LogP contribution in [0.3, 0.4) is 0 Å². The molecule has 196 valence electrons. The molecule has 5 aromatic rings. The second-order valence-electron chi connectivity index (χ2n) is 10.4. The van der Waals surface area contributed by atoms with Gasteiger partial charge in [0.05, 0.1) is 10.8 Å². The Bertz CT molecular complexity index is 1810. The first-order chi connectivity index (χ1) is 18.8. The van der Waals surface area contributed by atoms with Gasteiger partial charge in [-0.05, 0) is 64.7 Å². The lowest BCUT2D eigenvalue weighted by atomic mass is 9.73. The average Bonchev–Trinajstić information content (AvgIpc) is 2.96. The topological polar surface area (TPSA) is 74.7 Å². The van der Waals surface area contributed by atoms with Crippen LogP contribution >= 0.6 is 0 Å². The number of hydrogen-bond donors (Lipinski definition) is 1. The van der Waals surface area contributed by atoms with Gasteiger partial charge in [0.2, 0.25) is 10.0 Å². The highest BCUT2D eigenvalue weighted by Gasteiger charge is 2.49. The molecule has 0 saturated carbocycles. The van der Waals surface area contributed by atoms with E-state index in [1.54, 1.807) is 30.3 Å². The zero-order valence-electron chi connectivity index (χ0n) is 21.6. The maximum atomic E-state index is 14.2. The van der Waals surface area contributed by atoms with E-state index >= 15 is 0 Å². The normalized spacial score (nSPS) is 20.3. The first-order valence-electron chi connectivity index (χ1n) is 13.1. The highest BCUT2D eigenvalue weighted by atomic mass is 32.2. The minimum absolute atomic E-state index is 0.0976. The van der Waals surface area contributed by atoms with Gasteiger partial charge < -0.3 is 5.11 Å². The molecule has 6 rings (SSSR count). The molecule has 0 spiro atoms. The summed E-state index contributed by atoms with van der Waals surface area (Å²) in [6, 6.07) is 33.5. The number of piperidine rings is 1. The predicted octanol–water partition coefficient (Wildman–Crippen LogP) is 6.08. The third kappa shape index (κ3) is 4.55. The van der Waals surface area contributed by atoms with Crippen LogP contribution in [0.4, 0.5) is 0 Å². The summed E-state index contributed by atoms with van der Waals surface area (Å²) in [5, 5.41) is 16.2. The van der Waals surface area contributed by atoms with Crippen molar-refractivity contribution in [3.63, 3.8) is 0 Å². The third-order valence-corrected chi connectivity index (χ3v) is 9.84. The average molecular weight is 536 g/mol. The van der Waals surface area contributed by atoms with Crippen LogP contribution in [0.15, 0.2) is 114 Å². The van der Waals surface area contributed by atoms with Crippen LogP contribution in [-0.2, 0) is 15.6 Å². The van der Waals surface area contributed by atoms with Crippen LogP contribution in [0.25, 0.3) is 21.5 Å². The van der Waals surface area contributed by atoms with Gasteiger partial charge in [-0.3, -0.25) is 4.79 Å². The van der Waals surface area contributed by atoms with E-state index in [1.165, 1.54) is 4.31 Å². The smallest absolute Gasteiger partial charge is 0.243 e. The van der Waals surface area contributed by atoms with E-state index in [0.717, 1.165) is 27.1 Å². The monoisotopic (exact) mass is 535 g/mol. The van der Waals surface area contributed by atoms with E-state index in [9.17, 15) is 18.3 Å². The van der Waals surface area contributed by atoms with E-state index in [-0.39, 0.29) is 30.2 Å². The standard InChI is InChI=1S/C33H29NO4S/c1-23-10-16-30(17-11-23)39(37,38)34-19-18-33(36,29-15-14-25-7-3-5-9-27(25)21-29)31(22-34)32(35)28-13-12-24-6-2-4-8-26(24)20-28/h2-17,20-21,31,36H,18-19,22H2,1H3/t31?,33-/m1/s1. The summed E-state index contributed by atoms with van der Waals surface area (Å²) in [5.74, 6) is -1.27. The molecule has 5 nitrogen and oxygen atoms in total. The van der Waals surface area contributed by atoms with Gasteiger partial charge in [0, 0.05) is 18.7 Å². The van der Waals surface area contributed by atoms with Gasteiger partial charge in [-0.15, -0.1) is 0 Å². The maximum absolute atomic E-state index is 14.2. The number of carbonyl (C=O) groups excluding carboxylic acids is 1. The number of fused-ring (bicyclic) bond motifs is 2. The molecule has 1 heterocycles. The van der Waals surface area contributed by atoms with E-state index in [1.807, 2.05) is 85.8 Å². The maximum Gasteiger partial charge on any atom is 0.243 e. The second kappa shape index (κ2) is 9.72. The lowest BCUT2D eigenvalue weighted by Crippen LogP contribution is -2.54. The van der Waals surface area contributed by atoms with E-state index < -0.39 is 21.5 Å². The van der Waals surface area contributed by atoms with Crippen LogP contribution in [-0.4, -0.2) is 36.7 Å². The van der Waals surface area contributed by atoms with Gasteiger partial charge in [0.15, 0.2) is 5.78 Å². The van der Waals surface area contributed by atoms with Crippen molar-refractivity contribution in [3.05, 3.63) is 126 Å². The summed E-state index contributed by atoms with van der Waals surface area (Å²) in [4.78, 5) is 14.3. The van der Waals surface area contributed by atoms with Crippen molar-refractivity contribution in [1.82, 2.24) is 4.31 Å². The number of aryl methyl sites for hydroxylation is 1. The molecule has 1 aliphatic heterocycles. The van der Waals surface area contributed by atoms with Crippen molar-refractivity contribution in [2.75, 3.05) is 13.1 Å². The largest absolute Gasteiger partial charge is 0.384 e. The van der Waals surface area contributed by atoms with E-state index in [0.29, 0.717) is 11.1 Å². The summed E-state index contributed by atoms with van der Waals surface area (Å²) in [6.07, 6.45) is 0.0976. The van der Waals surface area contributed by atoms with E-state index in [4.69, 9.17) is 0 Å². The first kappa shape index (κ1) is 25.4. The fourth-order valence-electron chi connectivity index (χ4n) is 5.64. The van der Waals surface area contributed by atoms with Crippen molar-refractivity contribution in [3.8, 4) is 0 Å². The Hall–Kier alpha value is -3.84. The summed E-state index contributed by atoms with van der Waals surface area (Å²) < 4.78 is 28.6. The SMILES string of the molecule is Cc1ccc(S(=O)(=O)N2CC[C@@](O)(c3ccc4ccccc4c3)C(C(=O)c3ccc4ccccc4c3)C2)cc1. The molecule has 1 aliphatic rings. The lowest BCUT2D eigenvalue weighted by molar-refractivity contribution is -0.0495. The Balaban J connectivity index is 1.44. The minimum atomic E-state index is -3.86. The Labute approximate surface area is 228 Å². The molecule has 1 fully saturated rings. The molecule has 6 heteroatoms. The molecule has 0 bridgehead atoms. The number of benzene rings is 5. The molecule has 0 radical (unpaired) electrons. The molecule has 0 aliphatic carbocycles. The van der Waals surface area contributed by atoms with Gasteiger partial charge in [0.1, 0.15) is 5.60 Å². The number of sulfonamides is 1. The fraction of sp³-hybridized carbons (Fsp3) is 0.182. The zero-order chi connectivity index (χ0) is 27.2. The van der Waals surface area contributed by atoms with Crippen molar-refractivity contribution in [2.24, 2.45) is 5.92 Å². The number of nitrogens with zero attached hydrogens (tertiary/aromatic N) is 1. The second-order valence-corrected chi connectivity index (χ2v) is 12.3. The quantitative estimate of drug-likeness (QED) is 0.277. The Morgan fingerprint density at radius 2 is 1.38 bits per heavy atom. The molecule has 1 unspecified atom stereocenters. The Morgan fingerprint density at radius 3 is 2.05 bits per heavy atom. The summed E-state index contributed by atoms with van der Waals surface area (Å²) in [6.45, 7) is 1.88. The van der Waals surface area contributed by atoms with Gasteiger partial charge in [-0.1, -0.05) is 90.5 Å². The molecule has 39 heavy (non-hydrogen) atoms. The van der Waals surface area contributed by atoms with Crippen molar-refractivity contribution in [2.45, 2.75) is 23.8 Å². The number of rotatable bonds is 5. The molecule has 2 atom stereocenters. The van der Waals surface area contributed by atoms with Crippen LogP contribution in [0.1, 0.15) is 27.9 Å². The molecular weight excluding hydrogens is 506 g/mol. The van der Waals surface area contributed by atoms with Crippen molar-refractivity contribution >= 4 is 37.4 Å². The third-order valence-electron chi connectivity index (χ3n) is 7.96. The fourth-order valence-corrected chi connectivity index (χ4v) is 7.10. The summed E-state index contributed by atoms with van der Waals surface area (Å²) >= 11 is 0. The van der Waals surface area contributed by atoms with Crippen LogP contribution in [0.5, 0.6) is 0 Å². The first-order valence-corrected chi connectivity index (χ1v) is 14.5. The zero-order valence-corrected chi connectivity index (χ0v) is 22.4. The van der Waals surface area contributed by atoms with Crippen molar-refractivity contribution in [1.29, 1.82) is 0 Å². The molecule has 5 aromatic carbocycles. The highest BCUT2D eigenvalue weighted by Crippen LogP contribution is 2.42. The van der Waals surface area contributed by atoms with Gasteiger partial charge in [0.25, 0.3) is 0 Å². The molecule has 1 N–H and O–H groups in total. The Morgan fingerprint density at radius 1 is 0.795 bits per heavy atom. The number of carbonyl (C=O) groups is 1. The predicted molar refractivity (Wildman–Crippen MR) is 154 cm³/mol. The van der Waals surface area contributed by atoms with Crippen molar-refractivity contribution < 1.29 is 18.3 Å². The van der Waals surface area contributed by atoms with Gasteiger partial charge >= 0.3 is 0 Å². The summed E-state index contributed by atoms with van der Waals surface area (Å²) in [7, 11) is -3.86. The lowest BCUT2D eigenvalue weighted by Gasteiger charge is -2.43. The highest BCUT2D eigenvalue weighted by molar-refractivity contribution is 7.89. The number of Topliss-reactive ketones (excluding diaryl/α,β-unsaturated/α-hetero) is 1. The Kier molecular flexibility index (Phi) is 6.34. The molecule has 0 amide bonds. The van der Waals surface area contributed by atoms with Crippen LogP contribution < -0.4 is 0 Å². The van der Waals surface area contributed by atoms with Crippen LogP contribution in [0.2, 0.25) is 0 Å². The summed E-state index contributed by atoms with van der Waals surface area (Å²) in [5.41, 5.74) is 0.495.